The fourth-order valence-electron chi connectivity index (χ4n) is 2.88. The van der Waals surface area contributed by atoms with Crippen LogP contribution in [0.15, 0.2) is 42.5 Å². The normalized spacial score (nSPS) is 14.9. The molecule has 5 heteroatoms. The Kier molecular flexibility index (Phi) is 5.11. The first-order valence-corrected chi connectivity index (χ1v) is 9.06. The third-order valence-electron chi connectivity index (χ3n) is 4.15. The standard InChI is InChI=1S/C18H18ClIN2O/c1-13-5-6-15(19)12-17(13)21-7-9-22(10-8-21)18(23)14-3-2-4-16(20)11-14/h2-6,11-12H,7-10H2,1H3. The van der Waals surface area contributed by atoms with Gasteiger partial charge in [0.25, 0.3) is 5.91 Å². The van der Waals surface area contributed by atoms with Crippen LogP contribution >= 0.6 is 34.2 Å². The smallest absolute Gasteiger partial charge is 0.254 e. The maximum absolute atomic E-state index is 12.6. The van der Waals surface area contributed by atoms with Crippen molar-refractivity contribution in [3.63, 3.8) is 0 Å². The first-order valence-electron chi connectivity index (χ1n) is 7.60. The van der Waals surface area contributed by atoms with Crippen LogP contribution in [0.25, 0.3) is 0 Å². The van der Waals surface area contributed by atoms with Gasteiger partial charge in [-0.05, 0) is 65.4 Å². The number of piperazine rings is 1. The summed E-state index contributed by atoms with van der Waals surface area (Å²) in [5.41, 5.74) is 3.15. The molecule has 1 aliphatic rings. The fraction of sp³-hybridized carbons (Fsp3) is 0.278. The van der Waals surface area contributed by atoms with Gasteiger partial charge >= 0.3 is 0 Å². The lowest BCUT2D eigenvalue weighted by atomic mass is 10.1. The monoisotopic (exact) mass is 440 g/mol. The molecule has 1 amide bonds. The van der Waals surface area contributed by atoms with Gasteiger partial charge in [-0.25, -0.2) is 0 Å². The largest absolute Gasteiger partial charge is 0.368 e. The van der Waals surface area contributed by atoms with Gasteiger partial charge in [0.05, 0.1) is 0 Å². The van der Waals surface area contributed by atoms with E-state index in [-0.39, 0.29) is 5.91 Å². The number of halogens is 2. The minimum Gasteiger partial charge on any atom is -0.368 e. The second-order valence-electron chi connectivity index (χ2n) is 5.72. The molecule has 3 rings (SSSR count). The van der Waals surface area contributed by atoms with Gasteiger partial charge in [-0.15, -0.1) is 0 Å². The molecule has 2 aromatic rings. The van der Waals surface area contributed by atoms with Crippen molar-refractivity contribution in [2.45, 2.75) is 6.92 Å². The average Bonchev–Trinajstić information content (AvgIpc) is 2.56. The van der Waals surface area contributed by atoms with Crippen molar-refractivity contribution in [3.8, 4) is 0 Å². The summed E-state index contributed by atoms with van der Waals surface area (Å²) in [6.07, 6.45) is 0. The predicted molar refractivity (Wildman–Crippen MR) is 103 cm³/mol. The van der Waals surface area contributed by atoms with Crippen LogP contribution in [0.3, 0.4) is 0 Å². The van der Waals surface area contributed by atoms with Crippen molar-refractivity contribution in [3.05, 3.63) is 62.2 Å². The van der Waals surface area contributed by atoms with Crippen LogP contribution in [-0.4, -0.2) is 37.0 Å². The molecule has 0 aromatic heterocycles. The molecular weight excluding hydrogens is 423 g/mol. The zero-order valence-electron chi connectivity index (χ0n) is 12.9. The van der Waals surface area contributed by atoms with Crippen molar-refractivity contribution in [1.29, 1.82) is 0 Å². The molecule has 0 unspecified atom stereocenters. The highest BCUT2D eigenvalue weighted by atomic mass is 127. The number of benzene rings is 2. The lowest BCUT2D eigenvalue weighted by Crippen LogP contribution is -2.49. The van der Waals surface area contributed by atoms with Gasteiger partial charge in [0, 0.05) is 46.0 Å². The molecule has 1 aliphatic heterocycles. The molecule has 1 fully saturated rings. The Morgan fingerprint density at radius 1 is 1.09 bits per heavy atom. The molecule has 2 aromatic carbocycles. The minimum absolute atomic E-state index is 0.117. The van der Waals surface area contributed by atoms with Crippen LogP contribution in [0.1, 0.15) is 15.9 Å². The van der Waals surface area contributed by atoms with Gasteiger partial charge in [-0.1, -0.05) is 23.7 Å². The Morgan fingerprint density at radius 3 is 2.52 bits per heavy atom. The van der Waals surface area contributed by atoms with Gasteiger partial charge < -0.3 is 9.80 Å². The average molecular weight is 441 g/mol. The summed E-state index contributed by atoms with van der Waals surface area (Å²) in [4.78, 5) is 16.8. The van der Waals surface area contributed by atoms with E-state index in [1.54, 1.807) is 0 Å². The zero-order chi connectivity index (χ0) is 16.4. The van der Waals surface area contributed by atoms with Gasteiger partial charge in [-0.2, -0.15) is 0 Å². The number of hydrogen-bond acceptors (Lipinski definition) is 2. The molecule has 0 radical (unpaired) electrons. The Labute approximate surface area is 155 Å². The van der Waals surface area contributed by atoms with Crippen LogP contribution in [0.4, 0.5) is 5.69 Å². The molecule has 1 saturated heterocycles. The van der Waals surface area contributed by atoms with E-state index in [2.05, 4.69) is 34.4 Å². The van der Waals surface area contributed by atoms with E-state index in [1.165, 1.54) is 11.3 Å². The molecular formula is C18H18ClIN2O. The van der Waals surface area contributed by atoms with Gasteiger partial charge in [0.2, 0.25) is 0 Å². The molecule has 0 bridgehead atoms. The molecule has 0 atom stereocenters. The Balaban J connectivity index is 1.69. The Hall–Kier alpha value is -1.27. The summed E-state index contributed by atoms with van der Waals surface area (Å²) >= 11 is 8.35. The molecule has 1 heterocycles. The third-order valence-corrected chi connectivity index (χ3v) is 5.06. The summed E-state index contributed by atoms with van der Waals surface area (Å²) < 4.78 is 1.08. The van der Waals surface area contributed by atoms with Crippen molar-refractivity contribution < 1.29 is 4.79 Å². The van der Waals surface area contributed by atoms with Crippen molar-refractivity contribution in [2.24, 2.45) is 0 Å². The number of carbonyl (C=O) groups excluding carboxylic acids is 1. The quantitative estimate of drug-likeness (QED) is 0.653. The highest BCUT2D eigenvalue weighted by Gasteiger charge is 2.23. The van der Waals surface area contributed by atoms with Crippen molar-refractivity contribution >= 4 is 45.8 Å². The van der Waals surface area contributed by atoms with Crippen molar-refractivity contribution in [1.82, 2.24) is 4.90 Å². The third kappa shape index (κ3) is 3.80. The number of aryl methyl sites for hydroxylation is 1. The summed E-state index contributed by atoms with van der Waals surface area (Å²) in [5.74, 6) is 0.117. The number of carbonyl (C=O) groups is 1. The summed E-state index contributed by atoms with van der Waals surface area (Å²) in [6, 6.07) is 13.7. The lowest BCUT2D eigenvalue weighted by molar-refractivity contribution is 0.0746. The van der Waals surface area contributed by atoms with Gasteiger partial charge in [0.1, 0.15) is 0 Å². The second kappa shape index (κ2) is 7.09. The Bertz CT molecular complexity index is 727. The van der Waals surface area contributed by atoms with E-state index < -0.39 is 0 Å². The van der Waals surface area contributed by atoms with E-state index in [0.717, 1.165) is 40.3 Å². The number of nitrogens with zero attached hydrogens (tertiary/aromatic N) is 2. The predicted octanol–water partition coefficient (Wildman–Crippen LogP) is 4.22. The topological polar surface area (TPSA) is 23.6 Å². The van der Waals surface area contributed by atoms with Gasteiger partial charge in [-0.3, -0.25) is 4.79 Å². The summed E-state index contributed by atoms with van der Waals surface area (Å²) in [7, 11) is 0. The number of rotatable bonds is 2. The van der Waals surface area contributed by atoms with Gasteiger partial charge in [0.15, 0.2) is 0 Å². The highest BCUT2D eigenvalue weighted by Crippen LogP contribution is 2.25. The van der Waals surface area contributed by atoms with Crippen LogP contribution in [0, 0.1) is 10.5 Å². The molecule has 3 nitrogen and oxygen atoms in total. The highest BCUT2D eigenvalue weighted by molar-refractivity contribution is 14.1. The molecule has 0 N–H and O–H groups in total. The first-order chi connectivity index (χ1) is 11.0. The van der Waals surface area contributed by atoms with E-state index in [9.17, 15) is 4.79 Å². The SMILES string of the molecule is Cc1ccc(Cl)cc1N1CCN(C(=O)c2cccc(I)c2)CC1. The lowest BCUT2D eigenvalue weighted by Gasteiger charge is -2.37. The fourth-order valence-corrected chi connectivity index (χ4v) is 3.59. The Morgan fingerprint density at radius 2 is 1.83 bits per heavy atom. The van der Waals surface area contributed by atoms with Crippen LogP contribution < -0.4 is 4.90 Å². The minimum atomic E-state index is 0.117. The maximum Gasteiger partial charge on any atom is 0.254 e. The molecule has 0 spiro atoms. The molecule has 120 valence electrons. The molecule has 0 saturated carbocycles. The number of amides is 1. The van der Waals surface area contributed by atoms with Crippen LogP contribution in [0.2, 0.25) is 5.02 Å². The van der Waals surface area contributed by atoms with E-state index in [1.807, 2.05) is 47.4 Å². The number of anilines is 1. The van der Waals surface area contributed by atoms with Crippen LogP contribution in [0.5, 0.6) is 0 Å². The summed E-state index contributed by atoms with van der Waals surface area (Å²) in [5, 5.41) is 0.753. The van der Waals surface area contributed by atoms with E-state index in [0.29, 0.717) is 0 Å². The zero-order valence-corrected chi connectivity index (χ0v) is 15.8. The maximum atomic E-state index is 12.6. The summed E-state index contributed by atoms with van der Waals surface area (Å²) in [6.45, 7) is 5.22. The molecule has 0 aliphatic carbocycles. The molecule has 23 heavy (non-hydrogen) atoms. The second-order valence-corrected chi connectivity index (χ2v) is 7.40. The van der Waals surface area contributed by atoms with Crippen LogP contribution in [-0.2, 0) is 0 Å². The van der Waals surface area contributed by atoms with Crippen molar-refractivity contribution in [2.75, 3.05) is 31.1 Å². The first kappa shape index (κ1) is 16.6. The van der Waals surface area contributed by atoms with E-state index >= 15 is 0 Å². The number of hydrogen-bond donors (Lipinski definition) is 0. The van der Waals surface area contributed by atoms with E-state index in [4.69, 9.17) is 11.6 Å².